The number of hydrogen-bond donors (Lipinski definition) is 1. The summed E-state index contributed by atoms with van der Waals surface area (Å²) in [5, 5.41) is 2.93. The van der Waals surface area contributed by atoms with E-state index in [1.54, 1.807) is 4.90 Å². The van der Waals surface area contributed by atoms with Gasteiger partial charge in [0.15, 0.2) is 17.5 Å². The summed E-state index contributed by atoms with van der Waals surface area (Å²) in [7, 11) is -4.38. The minimum absolute atomic E-state index is 0.00990. The topological polar surface area (TPSA) is 90.0 Å². The fourth-order valence-electron chi connectivity index (χ4n) is 5.24. The molecule has 3 aliphatic rings. The van der Waals surface area contributed by atoms with Gasteiger partial charge in [-0.3, -0.25) is 9.69 Å². The van der Waals surface area contributed by atoms with Crippen molar-refractivity contribution >= 4 is 22.0 Å². The molecule has 0 aromatic heterocycles. The van der Waals surface area contributed by atoms with Crippen molar-refractivity contribution < 1.29 is 31.2 Å². The van der Waals surface area contributed by atoms with Crippen LogP contribution in [0, 0.1) is 29.3 Å². The van der Waals surface area contributed by atoms with Crippen molar-refractivity contribution in [2.45, 2.75) is 43.5 Å². The Morgan fingerprint density at radius 2 is 1.61 bits per heavy atom. The molecule has 1 saturated carbocycles. The molecular formula is C21H27F3N4O4S. The van der Waals surface area contributed by atoms with E-state index in [1.807, 2.05) is 13.8 Å². The lowest BCUT2D eigenvalue weighted by atomic mass is 9.67. The molecule has 2 aliphatic heterocycles. The smallest absolute Gasteiger partial charge is 0.323 e. The highest BCUT2D eigenvalue weighted by molar-refractivity contribution is 7.89. The Hall–Kier alpha value is -2.18. The number of benzene rings is 1. The lowest BCUT2D eigenvalue weighted by Gasteiger charge is -2.42. The van der Waals surface area contributed by atoms with Crippen molar-refractivity contribution in [3.05, 3.63) is 29.6 Å². The molecule has 1 N–H and O–H groups in total. The summed E-state index contributed by atoms with van der Waals surface area (Å²) in [6.07, 6.45) is 2.70. The number of halogens is 3. The highest BCUT2D eigenvalue weighted by Gasteiger charge is 2.58. The Balaban J connectivity index is 1.43. The summed E-state index contributed by atoms with van der Waals surface area (Å²) >= 11 is 0. The van der Waals surface area contributed by atoms with Crippen LogP contribution in [0.5, 0.6) is 0 Å². The average Bonchev–Trinajstić information content (AvgIpc) is 3.02. The molecule has 4 rings (SSSR count). The van der Waals surface area contributed by atoms with Gasteiger partial charge in [0.2, 0.25) is 10.0 Å². The molecule has 1 aliphatic carbocycles. The third kappa shape index (κ3) is 3.81. The molecule has 2 atom stereocenters. The van der Waals surface area contributed by atoms with Gasteiger partial charge in [-0.25, -0.2) is 31.3 Å². The fourth-order valence-corrected chi connectivity index (χ4v) is 6.72. The number of amides is 3. The van der Waals surface area contributed by atoms with Gasteiger partial charge in [-0.05, 0) is 36.8 Å². The summed E-state index contributed by atoms with van der Waals surface area (Å²) in [5.74, 6) is -5.30. The average molecular weight is 489 g/mol. The molecule has 1 aromatic carbocycles. The number of nitrogens with one attached hydrogen (secondary N) is 1. The van der Waals surface area contributed by atoms with Crippen LogP contribution in [-0.4, -0.2) is 72.8 Å². The monoisotopic (exact) mass is 488 g/mol. The van der Waals surface area contributed by atoms with Gasteiger partial charge < -0.3 is 5.32 Å². The number of sulfonamides is 1. The van der Waals surface area contributed by atoms with Crippen molar-refractivity contribution in [2.75, 3.05) is 32.8 Å². The summed E-state index contributed by atoms with van der Waals surface area (Å²) in [6, 6.07) is 0.816. The molecule has 182 valence electrons. The van der Waals surface area contributed by atoms with Crippen LogP contribution in [0.2, 0.25) is 0 Å². The van der Waals surface area contributed by atoms with Gasteiger partial charge in [-0.2, -0.15) is 4.31 Å². The molecular weight excluding hydrogens is 461 g/mol. The van der Waals surface area contributed by atoms with Gasteiger partial charge in [0, 0.05) is 26.2 Å². The van der Waals surface area contributed by atoms with Gasteiger partial charge in [0.1, 0.15) is 10.4 Å². The van der Waals surface area contributed by atoms with Crippen LogP contribution in [0.3, 0.4) is 0 Å². The van der Waals surface area contributed by atoms with Gasteiger partial charge in [-0.15, -0.1) is 0 Å². The Morgan fingerprint density at radius 1 is 1.00 bits per heavy atom. The molecule has 2 saturated heterocycles. The van der Waals surface area contributed by atoms with Gasteiger partial charge in [-0.1, -0.05) is 20.3 Å². The van der Waals surface area contributed by atoms with Crippen LogP contribution in [-0.2, 0) is 14.8 Å². The Morgan fingerprint density at radius 3 is 2.21 bits per heavy atom. The molecule has 1 spiro atoms. The third-order valence-electron chi connectivity index (χ3n) is 7.28. The number of carbonyl (C=O) groups is 2. The lowest BCUT2D eigenvalue weighted by molar-refractivity contribution is -0.138. The molecule has 12 heteroatoms. The van der Waals surface area contributed by atoms with E-state index in [0.29, 0.717) is 12.1 Å². The number of nitrogens with zero attached hydrogens (tertiary/aromatic N) is 3. The van der Waals surface area contributed by atoms with Crippen molar-refractivity contribution in [2.24, 2.45) is 11.8 Å². The second-order valence-corrected chi connectivity index (χ2v) is 11.0. The van der Waals surface area contributed by atoms with E-state index < -0.39 is 43.9 Å². The summed E-state index contributed by atoms with van der Waals surface area (Å²) in [6.45, 7) is 4.21. The van der Waals surface area contributed by atoms with Crippen LogP contribution >= 0.6 is 0 Å². The molecule has 3 amide bonds. The van der Waals surface area contributed by atoms with Gasteiger partial charge in [0.25, 0.3) is 5.91 Å². The van der Waals surface area contributed by atoms with Crippen molar-refractivity contribution in [3.8, 4) is 0 Å². The molecule has 0 bridgehead atoms. The Labute approximate surface area is 190 Å². The first-order valence-electron chi connectivity index (χ1n) is 11.0. The molecule has 2 unspecified atom stereocenters. The predicted molar refractivity (Wildman–Crippen MR) is 112 cm³/mol. The third-order valence-corrected chi connectivity index (χ3v) is 9.19. The quantitative estimate of drug-likeness (QED) is 0.518. The summed E-state index contributed by atoms with van der Waals surface area (Å²) in [4.78, 5) is 28.0. The van der Waals surface area contributed by atoms with E-state index in [1.165, 1.54) is 4.90 Å². The minimum Gasteiger partial charge on any atom is -0.323 e. The van der Waals surface area contributed by atoms with Crippen molar-refractivity contribution in [1.82, 2.24) is 19.4 Å². The highest BCUT2D eigenvalue weighted by atomic mass is 32.2. The Kier molecular flexibility index (Phi) is 6.21. The van der Waals surface area contributed by atoms with Gasteiger partial charge >= 0.3 is 6.03 Å². The van der Waals surface area contributed by atoms with Crippen LogP contribution in [0.15, 0.2) is 17.0 Å². The SMILES string of the molecule is CC1CCCC(C)C12NC(=O)N(CN1CCN(S(=O)(=O)c3ccc(F)c(F)c3F)CC1)C2=O. The van der Waals surface area contributed by atoms with E-state index in [2.05, 4.69) is 5.32 Å². The molecule has 33 heavy (non-hydrogen) atoms. The number of imide groups is 1. The number of piperazine rings is 1. The van der Waals surface area contributed by atoms with Crippen LogP contribution in [0.4, 0.5) is 18.0 Å². The highest BCUT2D eigenvalue weighted by Crippen LogP contribution is 2.42. The molecule has 3 fully saturated rings. The van der Waals surface area contributed by atoms with E-state index in [4.69, 9.17) is 0 Å². The van der Waals surface area contributed by atoms with Crippen LogP contribution in [0.25, 0.3) is 0 Å². The zero-order valence-electron chi connectivity index (χ0n) is 18.5. The zero-order valence-corrected chi connectivity index (χ0v) is 19.3. The summed E-state index contributed by atoms with van der Waals surface area (Å²) < 4.78 is 67.3. The first kappa shape index (κ1) is 24.0. The number of rotatable bonds is 4. The van der Waals surface area contributed by atoms with E-state index in [9.17, 15) is 31.2 Å². The van der Waals surface area contributed by atoms with Crippen LogP contribution < -0.4 is 5.32 Å². The maximum atomic E-state index is 14.1. The zero-order chi connectivity index (χ0) is 24.1. The largest absolute Gasteiger partial charge is 0.326 e. The van der Waals surface area contributed by atoms with E-state index >= 15 is 0 Å². The van der Waals surface area contributed by atoms with E-state index in [0.717, 1.165) is 23.6 Å². The molecule has 8 nitrogen and oxygen atoms in total. The second kappa shape index (κ2) is 8.55. The standard InChI is InChI=1S/C21H27F3N4O4S/c1-13-4-3-5-14(2)21(13)19(29)28(20(30)25-21)12-26-8-10-27(11-9-26)33(31,32)16-7-6-15(22)17(23)18(16)24/h6-7,13-14H,3-5,8-12H2,1-2H3,(H,25,30). The number of urea groups is 1. The van der Waals surface area contributed by atoms with Crippen LogP contribution in [0.1, 0.15) is 33.1 Å². The lowest BCUT2D eigenvalue weighted by Crippen LogP contribution is -2.59. The second-order valence-electron chi connectivity index (χ2n) is 9.10. The maximum absolute atomic E-state index is 14.1. The molecule has 1 aromatic rings. The van der Waals surface area contributed by atoms with Crippen molar-refractivity contribution in [3.63, 3.8) is 0 Å². The number of carbonyl (C=O) groups excluding carboxylic acids is 2. The maximum Gasteiger partial charge on any atom is 0.326 e. The van der Waals surface area contributed by atoms with E-state index in [-0.39, 0.29) is 50.6 Å². The first-order chi connectivity index (χ1) is 15.5. The predicted octanol–water partition coefficient (Wildman–Crippen LogP) is 2.11. The molecule has 2 heterocycles. The normalized spacial score (nSPS) is 29.7. The molecule has 0 radical (unpaired) electrons. The van der Waals surface area contributed by atoms with Gasteiger partial charge in [0.05, 0.1) is 6.67 Å². The fraction of sp³-hybridized carbons (Fsp3) is 0.619. The Bertz CT molecular complexity index is 1070. The van der Waals surface area contributed by atoms with Crippen molar-refractivity contribution in [1.29, 1.82) is 0 Å². The number of hydrogen-bond acceptors (Lipinski definition) is 5. The first-order valence-corrected chi connectivity index (χ1v) is 12.4. The summed E-state index contributed by atoms with van der Waals surface area (Å²) in [5.41, 5.74) is -0.912. The minimum atomic E-state index is -4.38.